The van der Waals surface area contributed by atoms with E-state index in [9.17, 15) is 9.59 Å². The molecule has 0 bridgehead atoms. The summed E-state index contributed by atoms with van der Waals surface area (Å²) in [6.45, 7) is 8.36. The molecule has 6 heteroatoms. The van der Waals surface area contributed by atoms with Crippen molar-refractivity contribution in [1.82, 2.24) is 14.5 Å². The van der Waals surface area contributed by atoms with Gasteiger partial charge in [-0.2, -0.15) is 0 Å². The summed E-state index contributed by atoms with van der Waals surface area (Å²) in [5.74, 6) is 1.15. The zero-order valence-corrected chi connectivity index (χ0v) is 19.1. The van der Waals surface area contributed by atoms with E-state index < -0.39 is 0 Å². The molecule has 1 aliphatic rings. The van der Waals surface area contributed by atoms with E-state index in [1.165, 1.54) is 11.8 Å². The van der Waals surface area contributed by atoms with Crippen molar-refractivity contribution in [3.8, 4) is 0 Å². The molecule has 1 saturated heterocycles. The summed E-state index contributed by atoms with van der Waals surface area (Å²) < 4.78 is 1.70. The fourth-order valence-electron chi connectivity index (χ4n) is 4.45. The summed E-state index contributed by atoms with van der Waals surface area (Å²) in [6.07, 6.45) is 1.16. The van der Waals surface area contributed by atoms with Crippen LogP contribution in [0.2, 0.25) is 0 Å². The minimum Gasteiger partial charge on any atom is -0.341 e. The molecule has 0 saturated carbocycles. The Labute approximate surface area is 187 Å². The molecular weight excluding hydrogens is 406 g/mol. The summed E-state index contributed by atoms with van der Waals surface area (Å²) in [5, 5.41) is 0.875. The first kappa shape index (κ1) is 21.6. The third-order valence-electron chi connectivity index (χ3n) is 5.82. The van der Waals surface area contributed by atoms with Crippen LogP contribution in [-0.4, -0.2) is 38.7 Å². The van der Waals surface area contributed by atoms with Gasteiger partial charge in [0, 0.05) is 13.1 Å². The molecule has 4 rings (SSSR count). The maximum atomic E-state index is 13.3. The number of nitrogens with zero attached hydrogens (tertiary/aromatic N) is 3. The summed E-state index contributed by atoms with van der Waals surface area (Å²) in [6, 6.07) is 17.3. The Morgan fingerprint density at radius 2 is 1.71 bits per heavy atom. The lowest BCUT2D eigenvalue weighted by Crippen LogP contribution is -2.45. The van der Waals surface area contributed by atoms with Crippen molar-refractivity contribution in [3.05, 3.63) is 70.5 Å². The Balaban J connectivity index is 1.66. The van der Waals surface area contributed by atoms with E-state index in [-0.39, 0.29) is 16.7 Å². The average Bonchev–Trinajstić information content (AvgIpc) is 2.76. The van der Waals surface area contributed by atoms with E-state index in [1.54, 1.807) is 4.57 Å². The van der Waals surface area contributed by atoms with Crippen molar-refractivity contribution in [1.29, 1.82) is 0 Å². The SMILES string of the molecule is CC1CC(C)CN(C(=O)C(C)Sc2nc3ccccc3c(=O)n2Cc2ccccc2)C1. The van der Waals surface area contributed by atoms with Crippen molar-refractivity contribution < 1.29 is 4.79 Å². The van der Waals surface area contributed by atoms with E-state index in [0.717, 1.165) is 25.1 Å². The van der Waals surface area contributed by atoms with Crippen LogP contribution in [0, 0.1) is 11.8 Å². The second-order valence-electron chi connectivity index (χ2n) is 8.74. The fraction of sp³-hybridized carbons (Fsp3) is 0.400. The van der Waals surface area contributed by atoms with Crippen molar-refractivity contribution in [2.45, 2.75) is 44.1 Å². The number of hydrogen-bond acceptors (Lipinski definition) is 4. The van der Waals surface area contributed by atoms with Gasteiger partial charge in [0.15, 0.2) is 5.16 Å². The molecule has 2 heterocycles. The van der Waals surface area contributed by atoms with Gasteiger partial charge < -0.3 is 4.90 Å². The number of benzene rings is 2. The Morgan fingerprint density at radius 3 is 2.42 bits per heavy atom. The van der Waals surface area contributed by atoms with Crippen LogP contribution < -0.4 is 5.56 Å². The first-order valence-corrected chi connectivity index (χ1v) is 11.8. The maximum absolute atomic E-state index is 13.3. The maximum Gasteiger partial charge on any atom is 0.262 e. The van der Waals surface area contributed by atoms with Crippen molar-refractivity contribution in [3.63, 3.8) is 0 Å². The molecule has 3 aromatic rings. The monoisotopic (exact) mass is 435 g/mol. The van der Waals surface area contributed by atoms with E-state index >= 15 is 0 Å². The highest BCUT2D eigenvalue weighted by molar-refractivity contribution is 8.00. The highest BCUT2D eigenvalue weighted by Crippen LogP contribution is 2.27. The smallest absolute Gasteiger partial charge is 0.262 e. The third kappa shape index (κ3) is 4.85. The number of fused-ring (bicyclic) bond motifs is 1. The van der Waals surface area contributed by atoms with Gasteiger partial charge in [0.2, 0.25) is 5.91 Å². The Kier molecular flexibility index (Phi) is 6.46. The van der Waals surface area contributed by atoms with Crippen LogP contribution in [0.4, 0.5) is 0 Å². The number of hydrogen-bond donors (Lipinski definition) is 0. The van der Waals surface area contributed by atoms with Gasteiger partial charge in [-0.3, -0.25) is 14.2 Å². The Bertz CT molecular complexity index is 1120. The minimum absolute atomic E-state index is 0.0724. The topological polar surface area (TPSA) is 55.2 Å². The molecule has 1 aliphatic heterocycles. The first-order chi connectivity index (χ1) is 14.9. The fourth-order valence-corrected chi connectivity index (χ4v) is 5.44. The number of amides is 1. The molecule has 3 atom stereocenters. The van der Waals surface area contributed by atoms with Crippen LogP contribution in [0.15, 0.2) is 64.5 Å². The van der Waals surface area contributed by atoms with Crippen LogP contribution in [0.25, 0.3) is 10.9 Å². The molecule has 1 aromatic heterocycles. The van der Waals surface area contributed by atoms with Crippen LogP contribution in [-0.2, 0) is 11.3 Å². The minimum atomic E-state index is -0.312. The molecule has 31 heavy (non-hydrogen) atoms. The van der Waals surface area contributed by atoms with Crippen LogP contribution in [0.3, 0.4) is 0 Å². The molecule has 1 fully saturated rings. The average molecular weight is 436 g/mol. The zero-order valence-electron chi connectivity index (χ0n) is 18.3. The second kappa shape index (κ2) is 9.27. The lowest BCUT2D eigenvalue weighted by atomic mass is 9.92. The van der Waals surface area contributed by atoms with Gasteiger partial charge in [-0.1, -0.05) is 68.1 Å². The molecule has 162 valence electrons. The third-order valence-corrected chi connectivity index (χ3v) is 6.90. The normalized spacial score (nSPS) is 20.0. The number of para-hydroxylation sites is 1. The molecular formula is C25H29N3O2S. The van der Waals surface area contributed by atoms with E-state index in [4.69, 9.17) is 4.98 Å². The summed E-state index contributed by atoms with van der Waals surface area (Å²) in [7, 11) is 0. The molecule has 3 unspecified atom stereocenters. The largest absolute Gasteiger partial charge is 0.341 e. The van der Waals surface area contributed by atoms with Gasteiger partial charge in [-0.05, 0) is 42.9 Å². The van der Waals surface area contributed by atoms with Gasteiger partial charge in [0.05, 0.1) is 22.7 Å². The van der Waals surface area contributed by atoms with Crippen LogP contribution >= 0.6 is 11.8 Å². The quantitative estimate of drug-likeness (QED) is 0.439. The lowest BCUT2D eigenvalue weighted by Gasteiger charge is -2.36. The molecule has 0 spiro atoms. The number of aromatic nitrogens is 2. The summed E-state index contributed by atoms with van der Waals surface area (Å²) in [4.78, 5) is 33.3. The highest BCUT2D eigenvalue weighted by atomic mass is 32.2. The van der Waals surface area contributed by atoms with Gasteiger partial charge in [-0.15, -0.1) is 0 Å². The molecule has 1 amide bonds. The lowest BCUT2D eigenvalue weighted by molar-refractivity contribution is -0.132. The molecule has 2 aromatic carbocycles. The first-order valence-electron chi connectivity index (χ1n) is 10.9. The van der Waals surface area contributed by atoms with E-state index in [2.05, 4.69) is 13.8 Å². The molecule has 5 nitrogen and oxygen atoms in total. The highest BCUT2D eigenvalue weighted by Gasteiger charge is 2.29. The zero-order chi connectivity index (χ0) is 22.0. The van der Waals surface area contributed by atoms with Crippen LogP contribution in [0.5, 0.6) is 0 Å². The van der Waals surface area contributed by atoms with Crippen LogP contribution in [0.1, 0.15) is 32.8 Å². The predicted molar refractivity (Wildman–Crippen MR) is 126 cm³/mol. The summed E-state index contributed by atoms with van der Waals surface area (Å²) in [5.41, 5.74) is 1.62. The van der Waals surface area contributed by atoms with E-state index in [0.29, 0.717) is 34.4 Å². The van der Waals surface area contributed by atoms with Gasteiger partial charge in [-0.25, -0.2) is 4.98 Å². The standard InChI is InChI=1S/C25H29N3O2S/c1-17-13-18(2)15-27(14-17)23(29)19(3)31-25-26-22-12-8-7-11-21(22)24(30)28(25)16-20-9-5-4-6-10-20/h4-12,17-19H,13-16H2,1-3H3. The Hall–Kier alpha value is -2.60. The summed E-state index contributed by atoms with van der Waals surface area (Å²) >= 11 is 1.38. The van der Waals surface area contributed by atoms with E-state index in [1.807, 2.05) is 66.4 Å². The van der Waals surface area contributed by atoms with Gasteiger partial charge in [0.25, 0.3) is 5.56 Å². The van der Waals surface area contributed by atoms with Crippen molar-refractivity contribution >= 4 is 28.6 Å². The van der Waals surface area contributed by atoms with Gasteiger partial charge in [0.1, 0.15) is 0 Å². The number of rotatable bonds is 5. The second-order valence-corrected chi connectivity index (χ2v) is 10.0. The predicted octanol–water partition coefficient (Wildman–Crippen LogP) is 4.43. The Morgan fingerprint density at radius 1 is 1.06 bits per heavy atom. The number of carbonyl (C=O) groups excluding carboxylic acids is 1. The number of carbonyl (C=O) groups is 1. The number of thioether (sulfide) groups is 1. The van der Waals surface area contributed by atoms with Crippen molar-refractivity contribution in [2.75, 3.05) is 13.1 Å². The van der Waals surface area contributed by atoms with Crippen molar-refractivity contribution in [2.24, 2.45) is 11.8 Å². The molecule has 0 aliphatic carbocycles. The molecule has 0 radical (unpaired) electrons. The molecule has 0 N–H and O–H groups in total. The van der Waals surface area contributed by atoms with Gasteiger partial charge >= 0.3 is 0 Å². The number of piperidine rings is 1. The number of likely N-dealkylation sites (tertiary alicyclic amines) is 1.